The van der Waals surface area contributed by atoms with Crippen LogP contribution in [0.5, 0.6) is 0 Å². The molecule has 1 N–H and O–H groups in total. The van der Waals surface area contributed by atoms with Gasteiger partial charge in [-0.15, -0.1) is 0 Å². The van der Waals surface area contributed by atoms with Crippen LogP contribution in [-0.4, -0.2) is 5.78 Å². The summed E-state index contributed by atoms with van der Waals surface area (Å²) < 4.78 is 5.70. The van der Waals surface area contributed by atoms with E-state index in [1.165, 1.54) is 0 Å². The SMILES string of the molecule is O=C1C[C@H](c2ccco2)CC2=C1[C@@H](c1ccccc1)N(Cc1ccc(Cl)cc1)c1ccccc1N2. The summed E-state index contributed by atoms with van der Waals surface area (Å²) in [7, 11) is 0. The molecule has 1 aromatic heterocycles. The van der Waals surface area contributed by atoms with Crippen LogP contribution in [0.1, 0.15) is 41.7 Å². The van der Waals surface area contributed by atoms with Crippen LogP contribution in [0.25, 0.3) is 0 Å². The number of rotatable bonds is 4. The van der Waals surface area contributed by atoms with E-state index in [1.54, 1.807) is 6.26 Å². The van der Waals surface area contributed by atoms with E-state index >= 15 is 0 Å². The number of anilines is 2. The van der Waals surface area contributed by atoms with Crippen LogP contribution in [0.4, 0.5) is 11.4 Å². The summed E-state index contributed by atoms with van der Waals surface area (Å²) in [6.07, 6.45) is 2.84. The molecular weight excluding hydrogens is 456 g/mol. The molecule has 0 saturated carbocycles. The van der Waals surface area contributed by atoms with Crippen molar-refractivity contribution in [3.8, 4) is 0 Å². The van der Waals surface area contributed by atoms with Gasteiger partial charge in [0.15, 0.2) is 5.78 Å². The van der Waals surface area contributed by atoms with Crippen molar-refractivity contribution in [2.45, 2.75) is 31.3 Å². The number of carbonyl (C=O) groups excluding carboxylic acids is 1. The van der Waals surface area contributed by atoms with E-state index in [0.29, 0.717) is 18.0 Å². The number of allylic oxidation sites excluding steroid dienone is 1. The number of carbonyl (C=O) groups is 1. The Balaban J connectivity index is 1.52. The number of halogens is 1. The Morgan fingerprint density at radius 3 is 2.43 bits per heavy atom. The first-order valence-corrected chi connectivity index (χ1v) is 12.3. The number of ketones is 1. The van der Waals surface area contributed by atoms with Crippen LogP contribution in [-0.2, 0) is 11.3 Å². The second-order valence-electron chi connectivity index (χ2n) is 9.15. The van der Waals surface area contributed by atoms with E-state index in [0.717, 1.165) is 46.0 Å². The van der Waals surface area contributed by atoms with Gasteiger partial charge in [0.05, 0.1) is 23.7 Å². The zero-order chi connectivity index (χ0) is 23.8. The number of nitrogens with one attached hydrogen (secondary N) is 1. The Bertz CT molecular complexity index is 1380. The maximum atomic E-state index is 13.9. The molecule has 174 valence electrons. The largest absolute Gasteiger partial charge is 0.469 e. The average molecular weight is 481 g/mol. The molecule has 6 rings (SSSR count). The highest BCUT2D eigenvalue weighted by Crippen LogP contribution is 2.47. The number of furan rings is 1. The minimum atomic E-state index is -0.219. The van der Waals surface area contributed by atoms with Crippen molar-refractivity contribution in [1.82, 2.24) is 0 Å². The summed E-state index contributed by atoms with van der Waals surface area (Å²) >= 11 is 6.17. The molecule has 0 fully saturated rings. The molecule has 0 unspecified atom stereocenters. The smallest absolute Gasteiger partial charge is 0.163 e. The lowest BCUT2D eigenvalue weighted by atomic mass is 9.80. The molecule has 0 radical (unpaired) electrons. The van der Waals surface area contributed by atoms with Gasteiger partial charge in [-0.1, -0.05) is 66.2 Å². The van der Waals surface area contributed by atoms with E-state index < -0.39 is 0 Å². The molecule has 0 bridgehead atoms. The van der Waals surface area contributed by atoms with Crippen molar-refractivity contribution < 1.29 is 9.21 Å². The summed E-state index contributed by atoms with van der Waals surface area (Å²) in [5.74, 6) is 1.04. The van der Waals surface area contributed by atoms with Gasteiger partial charge < -0.3 is 14.6 Å². The fourth-order valence-electron chi connectivity index (χ4n) is 5.32. The molecule has 1 aliphatic heterocycles. The molecule has 2 heterocycles. The number of benzene rings is 3. The maximum Gasteiger partial charge on any atom is 0.163 e. The number of fused-ring (bicyclic) bond motifs is 1. The van der Waals surface area contributed by atoms with Crippen molar-refractivity contribution in [3.05, 3.63) is 130 Å². The molecule has 35 heavy (non-hydrogen) atoms. The molecule has 0 saturated heterocycles. The molecule has 1 aliphatic carbocycles. The first-order valence-electron chi connectivity index (χ1n) is 11.9. The molecule has 2 aliphatic rings. The molecule has 3 aromatic carbocycles. The van der Waals surface area contributed by atoms with Crippen molar-refractivity contribution in [2.75, 3.05) is 10.2 Å². The van der Waals surface area contributed by atoms with Gasteiger partial charge >= 0.3 is 0 Å². The second-order valence-corrected chi connectivity index (χ2v) is 9.58. The lowest BCUT2D eigenvalue weighted by Crippen LogP contribution is -2.34. The van der Waals surface area contributed by atoms with Gasteiger partial charge in [-0.05, 0) is 53.9 Å². The number of Topliss-reactive ketones (excluding diaryl/α,β-unsaturated/α-hetero) is 1. The van der Waals surface area contributed by atoms with Crippen LogP contribution in [0, 0.1) is 0 Å². The Morgan fingerprint density at radius 1 is 0.886 bits per heavy atom. The number of hydrogen-bond donors (Lipinski definition) is 1. The summed E-state index contributed by atoms with van der Waals surface area (Å²) in [6, 6.07) is 30.2. The summed E-state index contributed by atoms with van der Waals surface area (Å²) in [4.78, 5) is 16.2. The van der Waals surface area contributed by atoms with Gasteiger partial charge in [-0.2, -0.15) is 0 Å². The van der Waals surface area contributed by atoms with E-state index in [9.17, 15) is 4.79 Å². The second kappa shape index (κ2) is 9.12. The van der Waals surface area contributed by atoms with Crippen molar-refractivity contribution in [2.24, 2.45) is 0 Å². The van der Waals surface area contributed by atoms with E-state index in [1.807, 2.05) is 48.5 Å². The van der Waals surface area contributed by atoms with Crippen LogP contribution in [0.2, 0.25) is 5.02 Å². The highest BCUT2D eigenvalue weighted by Gasteiger charge is 2.40. The van der Waals surface area contributed by atoms with E-state index in [2.05, 4.69) is 52.7 Å². The first-order chi connectivity index (χ1) is 17.2. The van der Waals surface area contributed by atoms with E-state index in [-0.39, 0.29) is 17.7 Å². The highest BCUT2D eigenvalue weighted by atomic mass is 35.5. The maximum absolute atomic E-state index is 13.9. The predicted octanol–water partition coefficient (Wildman–Crippen LogP) is 7.51. The third-order valence-corrected chi connectivity index (χ3v) is 7.17. The molecule has 4 aromatic rings. The third-order valence-electron chi connectivity index (χ3n) is 6.92. The Morgan fingerprint density at radius 2 is 1.66 bits per heavy atom. The number of nitrogens with zero attached hydrogens (tertiary/aromatic N) is 1. The van der Waals surface area contributed by atoms with Gasteiger partial charge in [0.2, 0.25) is 0 Å². The van der Waals surface area contributed by atoms with Gasteiger partial charge in [-0.3, -0.25) is 4.79 Å². The monoisotopic (exact) mass is 480 g/mol. The summed E-state index contributed by atoms with van der Waals surface area (Å²) in [5, 5.41) is 4.37. The van der Waals surface area contributed by atoms with Crippen molar-refractivity contribution in [3.63, 3.8) is 0 Å². The molecule has 5 heteroatoms. The fraction of sp³-hybridized carbons (Fsp3) is 0.167. The van der Waals surface area contributed by atoms with Crippen LogP contribution in [0.3, 0.4) is 0 Å². The third kappa shape index (κ3) is 4.15. The lowest BCUT2D eigenvalue weighted by molar-refractivity contribution is -0.116. The standard InChI is InChI=1S/C30H25ClN2O2/c31-23-14-12-20(13-15-23)19-33-26-10-5-4-9-24(26)32-25-17-22(28-11-6-16-35-28)18-27(34)29(25)30(33)21-7-2-1-3-8-21/h1-16,22,30,32H,17-19H2/t22-,30-/m1/s1. The van der Waals surface area contributed by atoms with E-state index in [4.69, 9.17) is 16.0 Å². The Hall–Kier alpha value is -3.76. The highest BCUT2D eigenvalue weighted by molar-refractivity contribution is 6.30. The molecule has 0 amide bonds. The Kier molecular flexibility index (Phi) is 5.67. The zero-order valence-corrected chi connectivity index (χ0v) is 19.9. The van der Waals surface area contributed by atoms with Gasteiger partial charge in [0, 0.05) is 35.2 Å². The van der Waals surface area contributed by atoms with Gasteiger partial charge in [0.25, 0.3) is 0 Å². The van der Waals surface area contributed by atoms with Crippen LogP contribution >= 0.6 is 11.6 Å². The molecule has 0 spiro atoms. The van der Waals surface area contributed by atoms with Crippen molar-refractivity contribution >= 4 is 28.8 Å². The molecule has 4 nitrogen and oxygen atoms in total. The fourth-order valence-corrected chi connectivity index (χ4v) is 5.45. The predicted molar refractivity (Wildman–Crippen MR) is 140 cm³/mol. The molecular formula is C30H25ClN2O2. The number of hydrogen-bond acceptors (Lipinski definition) is 4. The zero-order valence-electron chi connectivity index (χ0n) is 19.2. The summed E-state index contributed by atoms with van der Waals surface area (Å²) in [6.45, 7) is 0.640. The van der Waals surface area contributed by atoms with Crippen LogP contribution < -0.4 is 10.2 Å². The minimum absolute atomic E-state index is 0.0233. The average Bonchev–Trinajstić information content (AvgIpc) is 3.38. The Labute approximate surface area is 209 Å². The first kappa shape index (κ1) is 21.8. The quantitative estimate of drug-likeness (QED) is 0.328. The topological polar surface area (TPSA) is 45.5 Å². The van der Waals surface area contributed by atoms with Gasteiger partial charge in [-0.25, -0.2) is 0 Å². The van der Waals surface area contributed by atoms with Gasteiger partial charge in [0.1, 0.15) is 5.76 Å². The normalized spacial score (nSPS) is 19.6. The number of para-hydroxylation sites is 2. The van der Waals surface area contributed by atoms with Crippen molar-refractivity contribution in [1.29, 1.82) is 0 Å². The summed E-state index contributed by atoms with van der Waals surface area (Å²) in [5.41, 5.74) is 6.10. The minimum Gasteiger partial charge on any atom is -0.469 e. The lowest BCUT2D eigenvalue weighted by Gasteiger charge is -2.36. The van der Waals surface area contributed by atoms with Crippen LogP contribution in [0.15, 0.2) is 113 Å². The molecule has 2 atom stereocenters.